The summed E-state index contributed by atoms with van der Waals surface area (Å²) < 4.78 is 0. The van der Waals surface area contributed by atoms with Crippen LogP contribution in [0.15, 0.2) is 42.5 Å². The van der Waals surface area contributed by atoms with Crippen LogP contribution in [0.3, 0.4) is 0 Å². The number of rotatable bonds is 1. The normalized spacial score (nSPS) is 18.3. The zero-order valence-corrected chi connectivity index (χ0v) is 11.9. The van der Waals surface area contributed by atoms with E-state index in [2.05, 4.69) is 29.6 Å². The topological polar surface area (TPSA) is 29.1 Å². The summed E-state index contributed by atoms with van der Waals surface area (Å²) in [6.07, 6.45) is 6.87. The fraction of sp³-hybridized carbons (Fsp3) is 0.211. The zero-order chi connectivity index (χ0) is 14.2. The van der Waals surface area contributed by atoms with Crippen LogP contribution in [0, 0.1) is 0 Å². The predicted octanol–water partition coefficient (Wildman–Crippen LogP) is 4.06. The molecule has 21 heavy (non-hydrogen) atoms. The average Bonchev–Trinajstić information content (AvgIpc) is 2.84. The molecule has 4 rings (SSSR count). The number of para-hydroxylation sites is 1. The van der Waals surface area contributed by atoms with Crippen LogP contribution in [0.2, 0.25) is 0 Å². The summed E-state index contributed by atoms with van der Waals surface area (Å²) in [7, 11) is 0. The first-order valence-corrected chi connectivity index (χ1v) is 7.56. The fourth-order valence-corrected chi connectivity index (χ4v) is 3.38. The Hall–Kier alpha value is -2.35. The maximum absolute atomic E-state index is 12.2. The van der Waals surface area contributed by atoms with Crippen LogP contribution in [0.1, 0.15) is 35.1 Å². The first-order valence-electron chi connectivity index (χ1n) is 7.56. The summed E-state index contributed by atoms with van der Waals surface area (Å²) in [5.74, 6) is 0.00427. The van der Waals surface area contributed by atoms with E-state index in [-0.39, 0.29) is 5.91 Å². The highest BCUT2D eigenvalue weighted by Gasteiger charge is 2.24. The van der Waals surface area contributed by atoms with Crippen LogP contribution in [-0.4, -0.2) is 5.91 Å². The molecule has 1 N–H and O–H groups in total. The Morgan fingerprint density at radius 2 is 1.81 bits per heavy atom. The lowest BCUT2D eigenvalue weighted by Crippen LogP contribution is -2.06. The first kappa shape index (κ1) is 12.4. The Kier molecular flexibility index (Phi) is 2.88. The molecule has 104 valence electrons. The van der Waals surface area contributed by atoms with E-state index in [0.717, 1.165) is 29.7 Å². The highest BCUT2D eigenvalue weighted by molar-refractivity contribution is 6.34. The molecule has 0 saturated carbocycles. The molecule has 1 aliphatic carbocycles. The summed E-state index contributed by atoms with van der Waals surface area (Å²) in [4.78, 5) is 12.2. The molecule has 2 aromatic carbocycles. The van der Waals surface area contributed by atoms with Crippen molar-refractivity contribution >= 4 is 23.2 Å². The van der Waals surface area contributed by atoms with Crippen molar-refractivity contribution in [3.63, 3.8) is 0 Å². The second-order valence-electron chi connectivity index (χ2n) is 5.75. The molecule has 1 aliphatic heterocycles. The minimum atomic E-state index is 0.00427. The van der Waals surface area contributed by atoms with E-state index in [1.54, 1.807) is 0 Å². The lowest BCUT2D eigenvalue weighted by molar-refractivity contribution is -0.110. The number of benzene rings is 2. The Balaban J connectivity index is 1.84. The number of aryl methyl sites for hydroxylation is 1. The van der Waals surface area contributed by atoms with E-state index in [4.69, 9.17) is 0 Å². The molecule has 2 nitrogen and oxygen atoms in total. The molecule has 0 fully saturated rings. The molecule has 2 aromatic rings. The van der Waals surface area contributed by atoms with Gasteiger partial charge < -0.3 is 5.32 Å². The number of anilines is 1. The molecule has 0 atom stereocenters. The molecule has 0 bridgehead atoms. The molecule has 0 radical (unpaired) electrons. The Labute approximate surface area is 124 Å². The first-order chi connectivity index (χ1) is 10.3. The van der Waals surface area contributed by atoms with Crippen molar-refractivity contribution in [1.29, 1.82) is 0 Å². The number of amides is 1. The second-order valence-corrected chi connectivity index (χ2v) is 5.75. The SMILES string of the molecule is O=C1Nc2ccccc2C1=Cc1cccc2c1CCCC2. The molecular weight excluding hydrogens is 258 g/mol. The van der Waals surface area contributed by atoms with Gasteiger partial charge in [-0.05, 0) is 54.5 Å². The number of carbonyl (C=O) groups is 1. The number of fused-ring (bicyclic) bond motifs is 2. The Morgan fingerprint density at radius 3 is 2.76 bits per heavy atom. The summed E-state index contributed by atoms with van der Waals surface area (Å²) >= 11 is 0. The predicted molar refractivity (Wildman–Crippen MR) is 86.0 cm³/mol. The van der Waals surface area contributed by atoms with Crippen LogP contribution >= 0.6 is 0 Å². The number of hydrogen-bond donors (Lipinski definition) is 1. The molecule has 0 unspecified atom stereocenters. The van der Waals surface area contributed by atoms with Crippen molar-refractivity contribution in [3.8, 4) is 0 Å². The summed E-state index contributed by atoms with van der Waals surface area (Å²) in [6, 6.07) is 14.3. The summed E-state index contributed by atoms with van der Waals surface area (Å²) in [5, 5.41) is 2.94. The molecule has 2 aliphatic rings. The molecule has 1 heterocycles. The molecule has 0 aromatic heterocycles. The van der Waals surface area contributed by atoms with Crippen molar-refractivity contribution in [2.24, 2.45) is 0 Å². The minimum absolute atomic E-state index is 0.00427. The van der Waals surface area contributed by atoms with Gasteiger partial charge in [0.25, 0.3) is 5.91 Å². The fourth-order valence-electron chi connectivity index (χ4n) is 3.38. The smallest absolute Gasteiger partial charge is 0.256 e. The zero-order valence-electron chi connectivity index (χ0n) is 11.9. The van der Waals surface area contributed by atoms with Gasteiger partial charge in [0.05, 0.1) is 0 Å². The second kappa shape index (κ2) is 4.88. The standard InChI is InChI=1S/C19H17NO/c21-19-17(16-10-3-4-11-18(16)20-19)12-14-8-5-7-13-6-1-2-9-15(13)14/h3-5,7-8,10-12H,1-2,6,9H2,(H,20,21). The third-order valence-corrected chi connectivity index (χ3v) is 4.44. The van der Waals surface area contributed by atoms with Gasteiger partial charge in [-0.1, -0.05) is 36.4 Å². The minimum Gasteiger partial charge on any atom is -0.321 e. The lowest BCUT2D eigenvalue weighted by atomic mass is 9.87. The quantitative estimate of drug-likeness (QED) is 0.781. The van der Waals surface area contributed by atoms with E-state index in [9.17, 15) is 4.79 Å². The van der Waals surface area contributed by atoms with Crippen LogP contribution in [0.5, 0.6) is 0 Å². The highest BCUT2D eigenvalue weighted by Crippen LogP contribution is 2.34. The summed E-state index contributed by atoms with van der Waals surface area (Å²) in [5.41, 5.74) is 6.78. The van der Waals surface area contributed by atoms with Crippen molar-refractivity contribution in [2.75, 3.05) is 5.32 Å². The van der Waals surface area contributed by atoms with E-state index in [0.29, 0.717) is 0 Å². The van der Waals surface area contributed by atoms with Gasteiger partial charge in [0.2, 0.25) is 0 Å². The van der Waals surface area contributed by atoms with Crippen LogP contribution in [-0.2, 0) is 17.6 Å². The van der Waals surface area contributed by atoms with Crippen LogP contribution in [0.25, 0.3) is 11.6 Å². The van der Waals surface area contributed by atoms with Gasteiger partial charge in [-0.2, -0.15) is 0 Å². The van der Waals surface area contributed by atoms with Crippen molar-refractivity contribution in [1.82, 2.24) is 0 Å². The molecule has 0 saturated heterocycles. The van der Waals surface area contributed by atoms with Crippen molar-refractivity contribution in [3.05, 3.63) is 64.7 Å². The lowest BCUT2D eigenvalue weighted by Gasteiger charge is -2.18. The van der Waals surface area contributed by atoms with Crippen molar-refractivity contribution in [2.45, 2.75) is 25.7 Å². The van der Waals surface area contributed by atoms with E-state index in [1.807, 2.05) is 24.3 Å². The molecule has 0 spiro atoms. The van der Waals surface area contributed by atoms with Gasteiger partial charge in [0.15, 0.2) is 0 Å². The van der Waals surface area contributed by atoms with Gasteiger partial charge in [-0.3, -0.25) is 4.79 Å². The molecule has 2 heteroatoms. The molecular formula is C19H17NO. The monoisotopic (exact) mass is 275 g/mol. The third-order valence-electron chi connectivity index (χ3n) is 4.44. The maximum atomic E-state index is 12.2. The van der Waals surface area contributed by atoms with Crippen LogP contribution < -0.4 is 5.32 Å². The Bertz CT molecular complexity index is 758. The Morgan fingerprint density at radius 1 is 0.952 bits per heavy atom. The number of nitrogens with one attached hydrogen (secondary N) is 1. The van der Waals surface area contributed by atoms with Crippen molar-refractivity contribution < 1.29 is 4.79 Å². The van der Waals surface area contributed by atoms with Gasteiger partial charge >= 0.3 is 0 Å². The van der Waals surface area contributed by atoms with Gasteiger partial charge in [-0.15, -0.1) is 0 Å². The third kappa shape index (κ3) is 2.07. The number of hydrogen-bond acceptors (Lipinski definition) is 1. The van der Waals surface area contributed by atoms with E-state index < -0.39 is 0 Å². The van der Waals surface area contributed by atoms with Gasteiger partial charge in [-0.25, -0.2) is 0 Å². The van der Waals surface area contributed by atoms with E-state index >= 15 is 0 Å². The average molecular weight is 275 g/mol. The van der Waals surface area contributed by atoms with Gasteiger partial charge in [0.1, 0.15) is 0 Å². The van der Waals surface area contributed by atoms with Gasteiger partial charge in [0, 0.05) is 16.8 Å². The maximum Gasteiger partial charge on any atom is 0.256 e. The largest absolute Gasteiger partial charge is 0.321 e. The number of carbonyl (C=O) groups excluding carboxylic acids is 1. The molecule has 1 amide bonds. The van der Waals surface area contributed by atoms with E-state index in [1.165, 1.54) is 29.5 Å². The summed E-state index contributed by atoms with van der Waals surface area (Å²) in [6.45, 7) is 0. The van der Waals surface area contributed by atoms with Crippen LogP contribution in [0.4, 0.5) is 5.69 Å². The highest BCUT2D eigenvalue weighted by atomic mass is 16.2.